The van der Waals surface area contributed by atoms with Gasteiger partial charge in [-0.15, -0.1) is 0 Å². The third-order valence-electron chi connectivity index (χ3n) is 2.52. The van der Waals surface area contributed by atoms with Gasteiger partial charge in [0.05, 0.1) is 19.3 Å². The van der Waals surface area contributed by atoms with E-state index in [-0.39, 0.29) is 22.9 Å². The molecule has 0 spiro atoms. The van der Waals surface area contributed by atoms with E-state index >= 15 is 0 Å². The molecule has 17 heavy (non-hydrogen) atoms. The number of carbonyl (C=O) groups excluding carboxylic acids is 2. The van der Waals surface area contributed by atoms with Gasteiger partial charge in [0.1, 0.15) is 5.75 Å². The molecule has 0 bridgehead atoms. The van der Waals surface area contributed by atoms with Crippen LogP contribution in [0.1, 0.15) is 27.6 Å². The summed E-state index contributed by atoms with van der Waals surface area (Å²) in [6.07, 6.45) is 1.23. The largest absolute Gasteiger partial charge is 0.496 e. The quantitative estimate of drug-likeness (QED) is 0.799. The molecule has 0 aromatic heterocycles. The smallest absolute Gasteiger partial charge is 0.232 e. The molecule has 4 heteroatoms. The van der Waals surface area contributed by atoms with Crippen LogP contribution in [0.3, 0.4) is 0 Å². The Bertz CT molecular complexity index is 514. The van der Waals surface area contributed by atoms with Crippen molar-refractivity contribution < 1.29 is 19.1 Å². The van der Waals surface area contributed by atoms with Crippen molar-refractivity contribution in [3.8, 4) is 5.75 Å². The van der Waals surface area contributed by atoms with E-state index in [0.717, 1.165) is 0 Å². The lowest BCUT2D eigenvalue weighted by molar-refractivity contribution is 0.0888. The average Bonchev–Trinajstić information content (AvgIpc) is 2.35. The first-order chi connectivity index (χ1) is 8.19. The number of carbonyl (C=O) groups is 2. The van der Waals surface area contributed by atoms with Crippen LogP contribution >= 0.6 is 0 Å². The Labute approximate surface area is 98.8 Å². The van der Waals surface area contributed by atoms with Gasteiger partial charge in [-0.2, -0.15) is 0 Å². The Kier molecular flexibility index (Phi) is 2.95. The Morgan fingerprint density at radius 2 is 2.00 bits per heavy atom. The zero-order valence-electron chi connectivity index (χ0n) is 9.65. The first kappa shape index (κ1) is 11.4. The fourth-order valence-electron chi connectivity index (χ4n) is 1.79. The molecule has 1 aliphatic rings. The molecule has 0 N–H and O–H groups in total. The highest BCUT2D eigenvalue weighted by Gasteiger charge is 2.29. The molecule has 0 aliphatic heterocycles. The molecule has 1 aromatic rings. The summed E-state index contributed by atoms with van der Waals surface area (Å²) in [6, 6.07) is 4.94. The molecule has 0 atom stereocenters. The van der Waals surface area contributed by atoms with E-state index < -0.39 is 0 Å². The van der Waals surface area contributed by atoms with Crippen molar-refractivity contribution in [1.82, 2.24) is 0 Å². The number of hydrogen-bond acceptors (Lipinski definition) is 4. The maximum atomic E-state index is 12.1. The van der Waals surface area contributed by atoms with Crippen LogP contribution in [0.25, 0.3) is 0 Å². The van der Waals surface area contributed by atoms with Crippen LogP contribution in [-0.4, -0.2) is 25.3 Å². The molecule has 0 radical (unpaired) electrons. The first-order valence-corrected chi connectivity index (χ1v) is 5.29. The fraction of sp³-hybridized carbons (Fsp3) is 0.231. The number of rotatable bonds is 3. The normalized spacial score (nSPS) is 14.1. The summed E-state index contributed by atoms with van der Waals surface area (Å²) in [5, 5.41) is 0. The highest BCUT2D eigenvalue weighted by atomic mass is 16.5. The lowest BCUT2D eigenvalue weighted by Crippen LogP contribution is -2.19. The van der Waals surface area contributed by atoms with Crippen molar-refractivity contribution in [2.45, 2.75) is 6.92 Å². The number of benzene rings is 1. The molecule has 2 rings (SSSR count). The van der Waals surface area contributed by atoms with E-state index in [1.165, 1.54) is 13.2 Å². The number of methoxy groups -OCH3 is 1. The topological polar surface area (TPSA) is 52.6 Å². The van der Waals surface area contributed by atoms with Gasteiger partial charge in [0.15, 0.2) is 11.5 Å². The summed E-state index contributed by atoms with van der Waals surface area (Å²) < 4.78 is 10.3. The summed E-state index contributed by atoms with van der Waals surface area (Å²) in [4.78, 5) is 23.9. The lowest BCUT2D eigenvalue weighted by Gasteiger charge is -2.17. The standard InChI is InChI=1S/C13H12O4/c1-3-17-11-7-9(14)8-5-4-6-10(16-2)12(8)13(11)15/h4-7H,3H2,1-2H3. The van der Waals surface area contributed by atoms with Crippen molar-refractivity contribution in [2.75, 3.05) is 13.7 Å². The Balaban J connectivity index is 2.57. The summed E-state index contributed by atoms with van der Waals surface area (Å²) in [5.74, 6) is -0.0681. The molecular weight excluding hydrogens is 220 g/mol. The van der Waals surface area contributed by atoms with Crippen LogP contribution in [0, 0.1) is 0 Å². The molecule has 0 heterocycles. The van der Waals surface area contributed by atoms with Crippen molar-refractivity contribution in [1.29, 1.82) is 0 Å². The summed E-state index contributed by atoms with van der Waals surface area (Å²) in [5.41, 5.74) is 0.642. The zero-order chi connectivity index (χ0) is 12.4. The van der Waals surface area contributed by atoms with Crippen LogP contribution in [-0.2, 0) is 4.74 Å². The van der Waals surface area contributed by atoms with Gasteiger partial charge in [0, 0.05) is 11.6 Å². The average molecular weight is 232 g/mol. The van der Waals surface area contributed by atoms with Crippen molar-refractivity contribution in [3.63, 3.8) is 0 Å². The predicted molar refractivity (Wildman–Crippen MR) is 61.4 cm³/mol. The minimum absolute atomic E-state index is 0.0782. The summed E-state index contributed by atoms with van der Waals surface area (Å²) in [7, 11) is 1.46. The minimum atomic E-state index is -0.307. The van der Waals surface area contributed by atoms with Gasteiger partial charge in [-0.3, -0.25) is 9.59 Å². The Morgan fingerprint density at radius 1 is 1.24 bits per heavy atom. The number of fused-ring (bicyclic) bond motifs is 1. The molecule has 0 saturated heterocycles. The van der Waals surface area contributed by atoms with Gasteiger partial charge in [0.25, 0.3) is 0 Å². The Morgan fingerprint density at radius 3 is 2.65 bits per heavy atom. The third-order valence-corrected chi connectivity index (χ3v) is 2.52. The Hall–Kier alpha value is -2.10. The minimum Gasteiger partial charge on any atom is -0.496 e. The highest BCUT2D eigenvalue weighted by molar-refractivity contribution is 6.24. The second kappa shape index (κ2) is 4.41. The van der Waals surface area contributed by atoms with Gasteiger partial charge in [-0.25, -0.2) is 0 Å². The monoisotopic (exact) mass is 232 g/mol. The van der Waals surface area contributed by atoms with Gasteiger partial charge < -0.3 is 9.47 Å². The van der Waals surface area contributed by atoms with Crippen molar-refractivity contribution >= 4 is 11.6 Å². The van der Waals surface area contributed by atoms with Crippen LogP contribution in [0.5, 0.6) is 5.75 Å². The van der Waals surface area contributed by atoms with E-state index in [9.17, 15) is 9.59 Å². The molecule has 88 valence electrons. The van der Waals surface area contributed by atoms with Crippen molar-refractivity contribution in [3.05, 3.63) is 41.2 Å². The second-order valence-corrected chi connectivity index (χ2v) is 3.52. The number of allylic oxidation sites excluding steroid dienone is 2. The highest BCUT2D eigenvalue weighted by Crippen LogP contribution is 2.29. The molecule has 0 unspecified atom stereocenters. The van der Waals surface area contributed by atoms with Crippen molar-refractivity contribution in [2.24, 2.45) is 0 Å². The SMILES string of the molecule is CCOC1=CC(=O)c2cccc(OC)c2C1=O. The maximum absolute atomic E-state index is 12.1. The summed E-state index contributed by atoms with van der Waals surface area (Å²) in [6.45, 7) is 2.10. The number of hydrogen-bond donors (Lipinski definition) is 0. The molecule has 1 aromatic carbocycles. The number of Topliss-reactive ketones (excluding diaryl/α,β-unsaturated/α-hetero) is 1. The molecule has 0 saturated carbocycles. The molecule has 1 aliphatic carbocycles. The maximum Gasteiger partial charge on any atom is 0.232 e. The fourth-order valence-corrected chi connectivity index (χ4v) is 1.79. The third kappa shape index (κ3) is 1.82. The number of ketones is 2. The van der Waals surface area contributed by atoms with Crippen LogP contribution in [0.2, 0.25) is 0 Å². The number of ether oxygens (including phenoxy) is 2. The lowest BCUT2D eigenvalue weighted by atomic mass is 9.93. The van der Waals surface area contributed by atoms with E-state index in [2.05, 4.69) is 0 Å². The van der Waals surface area contributed by atoms with Gasteiger partial charge in [-0.05, 0) is 13.0 Å². The molecule has 0 amide bonds. The van der Waals surface area contributed by atoms with E-state index in [4.69, 9.17) is 9.47 Å². The molecule has 0 fully saturated rings. The second-order valence-electron chi connectivity index (χ2n) is 3.52. The van der Waals surface area contributed by atoms with Crippen LogP contribution < -0.4 is 4.74 Å². The van der Waals surface area contributed by atoms with E-state index in [0.29, 0.717) is 17.9 Å². The van der Waals surface area contributed by atoms with E-state index in [1.807, 2.05) is 0 Å². The first-order valence-electron chi connectivity index (χ1n) is 5.29. The summed E-state index contributed by atoms with van der Waals surface area (Å²) >= 11 is 0. The zero-order valence-corrected chi connectivity index (χ0v) is 9.65. The van der Waals surface area contributed by atoms with Gasteiger partial charge >= 0.3 is 0 Å². The van der Waals surface area contributed by atoms with Crippen LogP contribution in [0.15, 0.2) is 30.0 Å². The predicted octanol–water partition coefficient (Wildman–Crippen LogP) is 1.99. The molecular formula is C13H12O4. The van der Waals surface area contributed by atoms with Crippen LogP contribution in [0.4, 0.5) is 0 Å². The molecule has 4 nitrogen and oxygen atoms in total. The van der Waals surface area contributed by atoms with Gasteiger partial charge in [0.2, 0.25) is 5.78 Å². The van der Waals surface area contributed by atoms with E-state index in [1.54, 1.807) is 25.1 Å². The van der Waals surface area contributed by atoms with Gasteiger partial charge in [-0.1, -0.05) is 12.1 Å².